The van der Waals surface area contributed by atoms with Gasteiger partial charge in [-0.2, -0.15) is 0 Å². The molecular formula is C14H20N2O3S. The normalized spacial score (nSPS) is 19.6. The van der Waals surface area contributed by atoms with Crippen molar-refractivity contribution < 1.29 is 13.2 Å². The molecule has 2 atom stereocenters. The number of nitrogens with one attached hydrogen (secondary N) is 2. The Bertz CT molecular complexity index is 598. The fourth-order valence-electron chi connectivity index (χ4n) is 2.48. The Morgan fingerprint density at radius 3 is 2.85 bits per heavy atom. The van der Waals surface area contributed by atoms with Gasteiger partial charge in [0.05, 0.1) is 11.7 Å². The minimum absolute atomic E-state index is 0.0323. The lowest BCUT2D eigenvalue weighted by Crippen LogP contribution is -2.44. The van der Waals surface area contributed by atoms with E-state index in [1.807, 2.05) is 24.3 Å². The number of hydrogen-bond donors (Lipinski definition) is 2. The first-order chi connectivity index (χ1) is 9.35. The van der Waals surface area contributed by atoms with Crippen LogP contribution >= 0.6 is 0 Å². The minimum Gasteiger partial charge on any atom is -0.384 e. The first kappa shape index (κ1) is 14.8. The van der Waals surface area contributed by atoms with Crippen LogP contribution in [0.2, 0.25) is 0 Å². The van der Waals surface area contributed by atoms with E-state index in [0.717, 1.165) is 11.3 Å². The van der Waals surface area contributed by atoms with Gasteiger partial charge in [0.25, 0.3) is 0 Å². The number of anilines is 1. The van der Waals surface area contributed by atoms with Gasteiger partial charge < -0.3 is 10.6 Å². The monoisotopic (exact) mass is 296 g/mol. The standard InChI is InChI=1S/C14H20N2O3S/c1-10(9-20(2,18)19)16-14(17)12-7-11-5-3-4-6-13(11)15-8-12/h3-6,10,12,15H,7-9H2,1-2H3,(H,16,17). The molecule has 0 saturated carbocycles. The lowest BCUT2D eigenvalue weighted by atomic mass is 9.93. The van der Waals surface area contributed by atoms with Gasteiger partial charge in [-0.3, -0.25) is 4.79 Å². The molecule has 5 nitrogen and oxygen atoms in total. The smallest absolute Gasteiger partial charge is 0.225 e. The molecule has 110 valence electrons. The van der Waals surface area contributed by atoms with E-state index in [9.17, 15) is 13.2 Å². The fourth-order valence-corrected chi connectivity index (χ4v) is 3.48. The van der Waals surface area contributed by atoms with E-state index in [2.05, 4.69) is 10.6 Å². The highest BCUT2D eigenvalue weighted by Crippen LogP contribution is 2.24. The van der Waals surface area contributed by atoms with Crippen LogP contribution in [0, 0.1) is 5.92 Å². The lowest BCUT2D eigenvalue weighted by molar-refractivity contribution is -0.125. The van der Waals surface area contributed by atoms with E-state index >= 15 is 0 Å². The van der Waals surface area contributed by atoms with Crippen molar-refractivity contribution in [3.8, 4) is 0 Å². The molecular weight excluding hydrogens is 276 g/mol. The lowest BCUT2D eigenvalue weighted by Gasteiger charge is -2.26. The second-order valence-electron chi connectivity index (χ2n) is 5.44. The quantitative estimate of drug-likeness (QED) is 0.862. The summed E-state index contributed by atoms with van der Waals surface area (Å²) in [6, 6.07) is 7.54. The van der Waals surface area contributed by atoms with Crippen LogP contribution in [0.3, 0.4) is 0 Å². The zero-order valence-electron chi connectivity index (χ0n) is 11.7. The Morgan fingerprint density at radius 1 is 1.45 bits per heavy atom. The number of amides is 1. The van der Waals surface area contributed by atoms with Gasteiger partial charge in [0.15, 0.2) is 0 Å². The minimum atomic E-state index is -3.08. The summed E-state index contributed by atoms with van der Waals surface area (Å²) in [5.74, 6) is -0.287. The molecule has 0 aliphatic carbocycles. The summed E-state index contributed by atoms with van der Waals surface area (Å²) >= 11 is 0. The number of carbonyl (C=O) groups is 1. The molecule has 0 radical (unpaired) electrons. The molecule has 2 N–H and O–H groups in total. The second kappa shape index (κ2) is 5.83. The van der Waals surface area contributed by atoms with E-state index in [1.165, 1.54) is 6.26 Å². The number of sulfone groups is 1. The van der Waals surface area contributed by atoms with Gasteiger partial charge in [0, 0.05) is 24.5 Å². The Kier molecular flexibility index (Phi) is 4.32. The third-order valence-electron chi connectivity index (χ3n) is 3.33. The third-order valence-corrected chi connectivity index (χ3v) is 4.44. The molecule has 0 aromatic heterocycles. The van der Waals surface area contributed by atoms with Crippen molar-refractivity contribution >= 4 is 21.4 Å². The SMILES string of the molecule is CC(CS(C)(=O)=O)NC(=O)C1CNc2ccccc2C1. The Labute approximate surface area is 119 Å². The van der Waals surface area contributed by atoms with E-state index in [4.69, 9.17) is 0 Å². The molecule has 0 spiro atoms. The predicted octanol–water partition coefficient (Wildman–Crippen LogP) is 0.820. The molecule has 1 heterocycles. The van der Waals surface area contributed by atoms with E-state index in [1.54, 1.807) is 6.92 Å². The Morgan fingerprint density at radius 2 is 2.15 bits per heavy atom. The highest BCUT2D eigenvalue weighted by Gasteiger charge is 2.25. The molecule has 2 rings (SSSR count). The molecule has 0 bridgehead atoms. The van der Waals surface area contributed by atoms with Crippen molar-refractivity contribution in [2.45, 2.75) is 19.4 Å². The zero-order valence-corrected chi connectivity index (χ0v) is 12.5. The van der Waals surface area contributed by atoms with E-state index in [-0.39, 0.29) is 23.6 Å². The van der Waals surface area contributed by atoms with Gasteiger partial charge >= 0.3 is 0 Å². The van der Waals surface area contributed by atoms with Crippen molar-refractivity contribution in [2.75, 3.05) is 23.9 Å². The number of hydrogen-bond acceptors (Lipinski definition) is 4. The van der Waals surface area contributed by atoms with Crippen molar-refractivity contribution in [3.05, 3.63) is 29.8 Å². The highest BCUT2D eigenvalue weighted by molar-refractivity contribution is 7.90. The molecule has 0 saturated heterocycles. The number of fused-ring (bicyclic) bond motifs is 1. The highest BCUT2D eigenvalue weighted by atomic mass is 32.2. The van der Waals surface area contributed by atoms with Crippen molar-refractivity contribution in [1.82, 2.24) is 5.32 Å². The fraction of sp³-hybridized carbons (Fsp3) is 0.500. The maximum atomic E-state index is 12.2. The predicted molar refractivity (Wildman–Crippen MR) is 79.4 cm³/mol. The van der Waals surface area contributed by atoms with Crippen molar-refractivity contribution in [3.63, 3.8) is 0 Å². The van der Waals surface area contributed by atoms with Crippen LogP contribution in [0.5, 0.6) is 0 Å². The second-order valence-corrected chi connectivity index (χ2v) is 7.63. The Balaban J connectivity index is 1.95. The van der Waals surface area contributed by atoms with Crippen molar-refractivity contribution in [1.29, 1.82) is 0 Å². The topological polar surface area (TPSA) is 75.3 Å². The van der Waals surface area contributed by atoms with Crippen LogP contribution in [0.1, 0.15) is 12.5 Å². The van der Waals surface area contributed by atoms with Crippen LogP contribution in [-0.2, 0) is 21.1 Å². The van der Waals surface area contributed by atoms with Gasteiger partial charge in [-0.15, -0.1) is 0 Å². The van der Waals surface area contributed by atoms with Crippen LogP contribution < -0.4 is 10.6 Å². The summed E-state index contributed by atoms with van der Waals surface area (Å²) in [6.07, 6.45) is 1.86. The Hall–Kier alpha value is -1.56. The molecule has 2 unspecified atom stereocenters. The molecule has 1 aromatic carbocycles. The average molecular weight is 296 g/mol. The van der Waals surface area contributed by atoms with Gasteiger partial charge in [-0.05, 0) is 25.0 Å². The van der Waals surface area contributed by atoms with Crippen LogP contribution in [-0.4, -0.2) is 38.9 Å². The molecule has 1 aliphatic heterocycles. The average Bonchev–Trinajstić information content (AvgIpc) is 2.35. The van der Waals surface area contributed by atoms with Gasteiger partial charge in [-0.1, -0.05) is 18.2 Å². The molecule has 20 heavy (non-hydrogen) atoms. The molecule has 1 aromatic rings. The third kappa shape index (κ3) is 3.96. The van der Waals surface area contributed by atoms with Gasteiger partial charge in [-0.25, -0.2) is 8.42 Å². The maximum Gasteiger partial charge on any atom is 0.225 e. The van der Waals surface area contributed by atoms with Gasteiger partial charge in [0.1, 0.15) is 9.84 Å². The summed E-state index contributed by atoms with van der Waals surface area (Å²) in [7, 11) is -3.08. The molecule has 6 heteroatoms. The summed E-state index contributed by atoms with van der Waals surface area (Å²) < 4.78 is 22.4. The van der Waals surface area contributed by atoms with Crippen LogP contribution in [0.15, 0.2) is 24.3 Å². The van der Waals surface area contributed by atoms with E-state index in [0.29, 0.717) is 13.0 Å². The van der Waals surface area contributed by atoms with Crippen LogP contribution in [0.25, 0.3) is 0 Å². The van der Waals surface area contributed by atoms with Gasteiger partial charge in [0.2, 0.25) is 5.91 Å². The summed E-state index contributed by atoms with van der Waals surface area (Å²) in [5, 5.41) is 6.01. The zero-order chi connectivity index (χ0) is 14.8. The first-order valence-corrected chi connectivity index (χ1v) is 8.71. The van der Waals surface area contributed by atoms with E-state index < -0.39 is 9.84 Å². The first-order valence-electron chi connectivity index (χ1n) is 6.65. The largest absolute Gasteiger partial charge is 0.384 e. The molecule has 0 fully saturated rings. The number of benzene rings is 1. The number of carbonyl (C=O) groups excluding carboxylic acids is 1. The van der Waals surface area contributed by atoms with Crippen molar-refractivity contribution in [2.24, 2.45) is 5.92 Å². The summed E-state index contributed by atoms with van der Waals surface area (Å²) in [4.78, 5) is 12.2. The summed E-state index contributed by atoms with van der Waals surface area (Å²) in [5.41, 5.74) is 2.19. The number of para-hydroxylation sites is 1. The maximum absolute atomic E-state index is 12.2. The van der Waals surface area contributed by atoms with Crippen LogP contribution in [0.4, 0.5) is 5.69 Å². The molecule has 1 aliphatic rings. The summed E-state index contributed by atoms with van der Waals surface area (Å²) in [6.45, 7) is 2.29. The number of rotatable bonds is 4. The molecule has 1 amide bonds.